The van der Waals surface area contributed by atoms with Crippen LogP contribution in [-0.4, -0.2) is 41.6 Å². The Morgan fingerprint density at radius 1 is 1.21 bits per heavy atom. The van der Waals surface area contributed by atoms with E-state index in [0.29, 0.717) is 17.5 Å². The monoisotopic (exact) mass is 461 g/mol. The average Bonchev–Trinajstić information content (AvgIpc) is 3.67. The van der Waals surface area contributed by atoms with Gasteiger partial charge < -0.3 is 15.5 Å². The van der Waals surface area contributed by atoms with E-state index in [0.717, 1.165) is 72.4 Å². The molecular weight excluding hydrogens is 429 g/mol. The summed E-state index contributed by atoms with van der Waals surface area (Å²) in [6.07, 6.45) is 5.00. The highest BCUT2D eigenvalue weighted by molar-refractivity contribution is 6.08. The van der Waals surface area contributed by atoms with Gasteiger partial charge in [-0.25, -0.2) is 4.39 Å². The van der Waals surface area contributed by atoms with E-state index in [1.165, 1.54) is 12.1 Å². The molecule has 2 N–H and O–H groups in total. The van der Waals surface area contributed by atoms with Gasteiger partial charge in [-0.05, 0) is 63.8 Å². The van der Waals surface area contributed by atoms with E-state index in [-0.39, 0.29) is 17.8 Å². The fraction of sp³-hybridized carbons (Fsp3) is 0.444. The second-order valence-corrected chi connectivity index (χ2v) is 9.72. The van der Waals surface area contributed by atoms with E-state index in [1.807, 2.05) is 13.8 Å². The Labute approximate surface area is 200 Å². The largest absolute Gasteiger partial charge is 0.369 e. The average molecular weight is 462 g/mol. The molecule has 1 saturated heterocycles. The van der Waals surface area contributed by atoms with E-state index in [9.17, 15) is 9.18 Å². The number of aromatic nitrogens is 2. The van der Waals surface area contributed by atoms with Crippen molar-refractivity contribution in [1.82, 2.24) is 20.6 Å². The standard InChI is InChI=1S/C27H32FN5O/c1-16-10-12-33(13-11-29-16)26-22-14-17(2)31-24(20-4-5-20)25(22)30-15-23(26)27(34)32-18(3)19-6-8-21(28)9-7-19/h6-9,14-16,18,20,29H,4-5,10-13H2,1-3H3,(H,32,34)/t16-,18-/m0/s1. The van der Waals surface area contributed by atoms with Gasteiger partial charge in [-0.2, -0.15) is 0 Å². The lowest BCUT2D eigenvalue weighted by Crippen LogP contribution is -2.33. The number of hydrogen-bond donors (Lipinski definition) is 2. The Morgan fingerprint density at radius 2 is 1.97 bits per heavy atom. The molecule has 0 spiro atoms. The molecule has 6 nitrogen and oxygen atoms in total. The number of carbonyl (C=O) groups excluding carboxylic acids is 1. The van der Waals surface area contributed by atoms with Gasteiger partial charge in [0, 0.05) is 48.9 Å². The number of benzene rings is 1. The van der Waals surface area contributed by atoms with Crippen LogP contribution >= 0.6 is 0 Å². The molecule has 2 aromatic heterocycles. The Kier molecular flexibility index (Phi) is 6.21. The van der Waals surface area contributed by atoms with Gasteiger partial charge in [0.05, 0.1) is 28.5 Å². The van der Waals surface area contributed by atoms with Crippen molar-refractivity contribution in [2.45, 2.75) is 58.0 Å². The van der Waals surface area contributed by atoms with Gasteiger partial charge in [0.15, 0.2) is 0 Å². The maximum Gasteiger partial charge on any atom is 0.255 e. The number of nitrogens with zero attached hydrogens (tertiary/aromatic N) is 3. The second kappa shape index (κ2) is 9.29. The molecule has 2 aliphatic rings. The van der Waals surface area contributed by atoms with Crippen LogP contribution in [-0.2, 0) is 0 Å². The minimum atomic E-state index is -0.289. The van der Waals surface area contributed by atoms with Crippen molar-refractivity contribution >= 4 is 22.5 Å². The number of halogens is 1. The van der Waals surface area contributed by atoms with Crippen LogP contribution in [0.2, 0.25) is 0 Å². The summed E-state index contributed by atoms with van der Waals surface area (Å²) in [7, 11) is 0. The molecule has 1 amide bonds. The summed E-state index contributed by atoms with van der Waals surface area (Å²) >= 11 is 0. The van der Waals surface area contributed by atoms with Crippen LogP contribution in [0.4, 0.5) is 10.1 Å². The van der Waals surface area contributed by atoms with Crippen LogP contribution in [0.25, 0.3) is 10.9 Å². The van der Waals surface area contributed by atoms with Gasteiger partial charge in [-0.15, -0.1) is 0 Å². The zero-order valence-electron chi connectivity index (χ0n) is 20.1. The van der Waals surface area contributed by atoms with Crippen LogP contribution in [0.15, 0.2) is 36.5 Å². The van der Waals surface area contributed by atoms with Crippen LogP contribution in [0.5, 0.6) is 0 Å². The number of carbonyl (C=O) groups is 1. The molecule has 2 atom stereocenters. The van der Waals surface area contributed by atoms with Crippen molar-refractivity contribution in [3.63, 3.8) is 0 Å². The van der Waals surface area contributed by atoms with E-state index < -0.39 is 0 Å². The van der Waals surface area contributed by atoms with Crippen molar-refractivity contribution in [1.29, 1.82) is 0 Å². The molecule has 0 radical (unpaired) electrons. The Hall–Kier alpha value is -3.06. The van der Waals surface area contributed by atoms with Crippen LogP contribution in [0.3, 0.4) is 0 Å². The van der Waals surface area contributed by atoms with Gasteiger partial charge >= 0.3 is 0 Å². The summed E-state index contributed by atoms with van der Waals surface area (Å²) in [5, 5.41) is 7.66. The van der Waals surface area contributed by atoms with Crippen molar-refractivity contribution in [2.24, 2.45) is 0 Å². The van der Waals surface area contributed by atoms with Crippen LogP contribution < -0.4 is 15.5 Å². The minimum absolute atomic E-state index is 0.172. The SMILES string of the molecule is Cc1cc2c(N3CCN[C@@H](C)CC3)c(C(=O)N[C@@H](C)c3ccc(F)cc3)cnc2c(C2CC2)n1. The lowest BCUT2D eigenvalue weighted by Gasteiger charge is -2.27. The lowest BCUT2D eigenvalue weighted by atomic mass is 10.0. The van der Waals surface area contributed by atoms with Crippen LogP contribution in [0, 0.1) is 12.7 Å². The highest BCUT2D eigenvalue weighted by Gasteiger charge is 2.30. The summed E-state index contributed by atoms with van der Waals surface area (Å²) in [6, 6.07) is 8.49. The molecular formula is C27H32FN5O. The summed E-state index contributed by atoms with van der Waals surface area (Å²) < 4.78 is 13.4. The van der Waals surface area contributed by atoms with Crippen molar-refractivity contribution in [3.05, 3.63) is 64.9 Å². The molecule has 3 aromatic rings. The molecule has 7 heteroatoms. The fourth-order valence-corrected chi connectivity index (χ4v) is 4.83. The summed E-state index contributed by atoms with van der Waals surface area (Å²) in [5.74, 6) is 0.00315. The maximum atomic E-state index is 13.6. The molecule has 3 heterocycles. The molecule has 178 valence electrons. The highest BCUT2D eigenvalue weighted by Crippen LogP contribution is 2.43. The predicted octanol–water partition coefficient (Wildman–Crippen LogP) is 4.63. The first kappa shape index (κ1) is 22.7. The number of nitrogens with one attached hydrogen (secondary N) is 2. The van der Waals surface area contributed by atoms with Gasteiger partial charge in [0.1, 0.15) is 5.82 Å². The van der Waals surface area contributed by atoms with Gasteiger partial charge in [0.25, 0.3) is 5.91 Å². The topological polar surface area (TPSA) is 70.2 Å². The number of aryl methyl sites for hydroxylation is 1. The maximum absolute atomic E-state index is 13.6. The van der Waals surface area contributed by atoms with E-state index in [2.05, 4.69) is 28.5 Å². The highest BCUT2D eigenvalue weighted by atomic mass is 19.1. The number of fused-ring (bicyclic) bond motifs is 1. The molecule has 5 rings (SSSR count). The second-order valence-electron chi connectivity index (χ2n) is 9.72. The number of rotatable bonds is 5. The van der Waals surface area contributed by atoms with Gasteiger partial charge in [-0.1, -0.05) is 12.1 Å². The quantitative estimate of drug-likeness (QED) is 0.580. The Balaban J connectivity index is 1.57. The number of pyridine rings is 2. The number of anilines is 1. The van der Waals surface area contributed by atoms with Crippen molar-refractivity contribution in [3.8, 4) is 0 Å². The van der Waals surface area contributed by atoms with Crippen molar-refractivity contribution in [2.75, 3.05) is 24.5 Å². The van der Waals surface area contributed by atoms with Crippen LogP contribution in [0.1, 0.15) is 72.4 Å². The molecule has 2 fully saturated rings. The third kappa shape index (κ3) is 4.62. The predicted molar refractivity (Wildman–Crippen MR) is 133 cm³/mol. The normalized spacial score (nSPS) is 19.6. The first-order valence-electron chi connectivity index (χ1n) is 12.3. The third-order valence-corrected chi connectivity index (χ3v) is 6.93. The van der Waals surface area contributed by atoms with E-state index in [4.69, 9.17) is 9.97 Å². The zero-order chi connectivity index (χ0) is 23.8. The zero-order valence-corrected chi connectivity index (χ0v) is 20.1. The molecule has 1 aliphatic heterocycles. The molecule has 1 aliphatic carbocycles. The first-order chi connectivity index (χ1) is 16.4. The molecule has 34 heavy (non-hydrogen) atoms. The molecule has 1 aromatic carbocycles. The minimum Gasteiger partial charge on any atom is -0.369 e. The van der Waals surface area contributed by atoms with Gasteiger partial charge in [-0.3, -0.25) is 14.8 Å². The number of amides is 1. The van der Waals surface area contributed by atoms with Crippen molar-refractivity contribution < 1.29 is 9.18 Å². The number of hydrogen-bond acceptors (Lipinski definition) is 5. The summed E-state index contributed by atoms with van der Waals surface area (Å²) in [4.78, 5) is 25.5. The third-order valence-electron chi connectivity index (χ3n) is 6.93. The van der Waals surface area contributed by atoms with Gasteiger partial charge in [0.2, 0.25) is 0 Å². The smallest absolute Gasteiger partial charge is 0.255 e. The molecule has 0 unspecified atom stereocenters. The first-order valence-corrected chi connectivity index (χ1v) is 12.3. The van der Waals surface area contributed by atoms with E-state index >= 15 is 0 Å². The summed E-state index contributed by atoms with van der Waals surface area (Å²) in [5.41, 5.74) is 5.30. The fourth-order valence-electron chi connectivity index (χ4n) is 4.83. The Bertz CT molecular complexity index is 1210. The van der Waals surface area contributed by atoms with E-state index in [1.54, 1.807) is 18.3 Å². The molecule has 0 bridgehead atoms. The lowest BCUT2D eigenvalue weighted by molar-refractivity contribution is 0.0940. The Morgan fingerprint density at radius 3 is 2.71 bits per heavy atom. The summed E-state index contributed by atoms with van der Waals surface area (Å²) in [6.45, 7) is 8.67. The molecule has 1 saturated carbocycles.